The Hall–Kier alpha value is -2.64. The Balaban J connectivity index is 2.07. The quantitative estimate of drug-likeness (QED) is 0.657. The molecule has 166 valence electrons. The van der Waals surface area contributed by atoms with Crippen LogP contribution >= 0.6 is 0 Å². The standard InChI is InChI=1S/C22H36N6O2/c1-9-11-27-17(7)19(15(5)25-27)21(29)23-13(3)14(4)24-22(30)20-16(6)26-28(12-10-2)18(20)8/h13-14H,9-12H2,1-8H3,(H,23,29)(H,24,30). The van der Waals surface area contributed by atoms with Gasteiger partial charge in [-0.05, 0) is 54.4 Å². The van der Waals surface area contributed by atoms with Crippen LogP contribution in [0.3, 0.4) is 0 Å². The Morgan fingerprint density at radius 3 is 1.40 bits per heavy atom. The summed E-state index contributed by atoms with van der Waals surface area (Å²) in [5.41, 5.74) is 4.40. The molecule has 2 N–H and O–H groups in total. The fourth-order valence-electron chi connectivity index (χ4n) is 3.72. The SMILES string of the molecule is CCCn1nc(C)c(C(=O)NC(C)C(C)NC(=O)c2c(C)nn(CCC)c2C)c1C. The minimum absolute atomic E-state index is 0.163. The highest BCUT2D eigenvalue weighted by molar-refractivity contribution is 5.97. The molecule has 0 fully saturated rings. The van der Waals surface area contributed by atoms with E-state index >= 15 is 0 Å². The van der Waals surface area contributed by atoms with Gasteiger partial charge in [0, 0.05) is 36.6 Å². The van der Waals surface area contributed by atoms with Crippen LogP contribution in [-0.2, 0) is 13.1 Å². The summed E-state index contributed by atoms with van der Waals surface area (Å²) in [6, 6.07) is -0.498. The van der Waals surface area contributed by atoms with Crippen molar-refractivity contribution >= 4 is 11.8 Å². The first-order chi connectivity index (χ1) is 14.1. The van der Waals surface area contributed by atoms with Crippen LogP contribution in [0.15, 0.2) is 0 Å². The molecule has 2 rings (SSSR count). The lowest BCUT2D eigenvalue weighted by molar-refractivity contribution is 0.0890. The Morgan fingerprint density at radius 1 is 0.767 bits per heavy atom. The van der Waals surface area contributed by atoms with Crippen molar-refractivity contribution < 1.29 is 9.59 Å². The maximum Gasteiger partial charge on any atom is 0.255 e. The minimum atomic E-state index is -0.249. The van der Waals surface area contributed by atoms with Crippen LogP contribution in [0.1, 0.15) is 84.0 Å². The molecule has 2 aromatic rings. The first kappa shape index (κ1) is 23.6. The highest BCUT2D eigenvalue weighted by Gasteiger charge is 2.25. The summed E-state index contributed by atoms with van der Waals surface area (Å²) < 4.78 is 3.75. The molecule has 0 bridgehead atoms. The van der Waals surface area contributed by atoms with E-state index in [0.717, 1.165) is 48.7 Å². The minimum Gasteiger partial charge on any atom is -0.347 e. The van der Waals surface area contributed by atoms with Crippen molar-refractivity contribution in [3.8, 4) is 0 Å². The molecule has 0 spiro atoms. The van der Waals surface area contributed by atoms with Gasteiger partial charge in [-0.1, -0.05) is 13.8 Å². The highest BCUT2D eigenvalue weighted by atomic mass is 16.2. The van der Waals surface area contributed by atoms with Gasteiger partial charge in [0.1, 0.15) is 0 Å². The topological polar surface area (TPSA) is 93.8 Å². The molecular weight excluding hydrogens is 380 g/mol. The third-order valence-electron chi connectivity index (χ3n) is 5.56. The van der Waals surface area contributed by atoms with Gasteiger partial charge in [-0.25, -0.2) is 0 Å². The number of carbonyl (C=O) groups excluding carboxylic acids is 2. The van der Waals surface area contributed by atoms with Gasteiger partial charge in [-0.15, -0.1) is 0 Å². The Bertz CT molecular complexity index is 837. The summed E-state index contributed by atoms with van der Waals surface area (Å²) >= 11 is 0. The average Bonchev–Trinajstić information content (AvgIpc) is 3.10. The molecule has 0 aliphatic heterocycles. The number of hydrogen-bond donors (Lipinski definition) is 2. The number of hydrogen-bond acceptors (Lipinski definition) is 4. The maximum absolute atomic E-state index is 12.9. The summed E-state index contributed by atoms with van der Waals surface area (Å²) in [7, 11) is 0. The van der Waals surface area contributed by atoms with Crippen molar-refractivity contribution in [2.24, 2.45) is 0 Å². The maximum atomic E-state index is 12.9. The van der Waals surface area contributed by atoms with E-state index in [2.05, 4.69) is 34.7 Å². The molecule has 0 aliphatic carbocycles. The van der Waals surface area contributed by atoms with E-state index in [1.807, 2.05) is 50.9 Å². The van der Waals surface area contributed by atoms with Gasteiger partial charge in [-0.2, -0.15) is 10.2 Å². The van der Waals surface area contributed by atoms with Gasteiger partial charge < -0.3 is 10.6 Å². The molecule has 2 unspecified atom stereocenters. The number of aryl methyl sites for hydroxylation is 4. The van der Waals surface area contributed by atoms with E-state index in [4.69, 9.17) is 0 Å². The van der Waals surface area contributed by atoms with Crippen molar-refractivity contribution in [3.63, 3.8) is 0 Å². The molecule has 0 aromatic carbocycles. The molecule has 0 saturated heterocycles. The number of amides is 2. The lowest BCUT2D eigenvalue weighted by atomic mass is 10.1. The third-order valence-corrected chi connectivity index (χ3v) is 5.56. The van der Waals surface area contributed by atoms with E-state index in [1.54, 1.807) is 0 Å². The second kappa shape index (κ2) is 9.91. The molecule has 2 amide bonds. The summed E-state index contributed by atoms with van der Waals surface area (Å²) in [5, 5.41) is 15.0. The van der Waals surface area contributed by atoms with E-state index in [-0.39, 0.29) is 23.9 Å². The molecule has 2 atom stereocenters. The van der Waals surface area contributed by atoms with E-state index < -0.39 is 0 Å². The smallest absolute Gasteiger partial charge is 0.255 e. The lowest BCUT2D eigenvalue weighted by Crippen LogP contribution is -2.48. The molecule has 2 aromatic heterocycles. The largest absolute Gasteiger partial charge is 0.347 e. The van der Waals surface area contributed by atoms with Crippen LogP contribution in [0.5, 0.6) is 0 Å². The Morgan fingerprint density at radius 2 is 1.10 bits per heavy atom. The molecule has 2 heterocycles. The number of aromatic nitrogens is 4. The molecule has 30 heavy (non-hydrogen) atoms. The summed E-state index contributed by atoms with van der Waals surface area (Å²) in [6.45, 7) is 17.1. The number of rotatable bonds is 9. The summed E-state index contributed by atoms with van der Waals surface area (Å²) in [5.74, 6) is -0.326. The van der Waals surface area contributed by atoms with Gasteiger partial charge >= 0.3 is 0 Å². The Labute approximate surface area is 179 Å². The predicted octanol–water partition coefficient (Wildman–Crippen LogP) is 3.07. The zero-order valence-corrected chi connectivity index (χ0v) is 19.6. The molecule has 0 radical (unpaired) electrons. The van der Waals surface area contributed by atoms with Gasteiger partial charge in [-0.3, -0.25) is 19.0 Å². The fourth-order valence-corrected chi connectivity index (χ4v) is 3.72. The van der Waals surface area contributed by atoms with Gasteiger partial charge in [0.25, 0.3) is 11.8 Å². The van der Waals surface area contributed by atoms with Crippen molar-refractivity contribution in [2.45, 2.75) is 93.4 Å². The van der Waals surface area contributed by atoms with Crippen LogP contribution in [-0.4, -0.2) is 43.5 Å². The van der Waals surface area contributed by atoms with Gasteiger partial charge in [0.2, 0.25) is 0 Å². The first-order valence-electron chi connectivity index (χ1n) is 10.8. The summed E-state index contributed by atoms with van der Waals surface area (Å²) in [6.07, 6.45) is 1.91. The van der Waals surface area contributed by atoms with E-state index in [9.17, 15) is 9.59 Å². The zero-order chi connectivity index (χ0) is 22.6. The number of nitrogens with zero attached hydrogens (tertiary/aromatic N) is 4. The molecule has 8 nitrogen and oxygen atoms in total. The summed E-state index contributed by atoms with van der Waals surface area (Å²) in [4.78, 5) is 25.7. The third kappa shape index (κ3) is 4.91. The van der Waals surface area contributed by atoms with E-state index in [1.165, 1.54) is 0 Å². The number of nitrogens with one attached hydrogen (secondary N) is 2. The average molecular weight is 417 g/mol. The monoisotopic (exact) mass is 416 g/mol. The van der Waals surface area contributed by atoms with Crippen LogP contribution < -0.4 is 10.6 Å². The van der Waals surface area contributed by atoms with Gasteiger partial charge in [0.15, 0.2) is 0 Å². The molecule has 8 heteroatoms. The Kier molecular flexibility index (Phi) is 7.81. The van der Waals surface area contributed by atoms with Crippen LogP contribution in [0.2, 0.25) is 0 Å². The highest BCUT2D eigenvalue weighted by Crippen LogP contribution is 2.15. The number of carbonyl (C=O) groups is 2. The van der Waals surface area contributed by atoms with Crippen molar-refractivity contribution in [1.82, 2.24) is 30.2 Å². The van der Waals surface area contributed by atoms with Crippen molar-refractivity contribution in [3.05, 3.63) is 33.9 Å². The molecular formula is C22H36N6O2. The van der Waals surface area contributed by atoms with E-state index in [0.29, 0.717) is 11.1 Å². The second-order valence-electron chi connectivity index (χ2n) is 8.06. The van der Waals surface area contributed by atoms with Crippen molar-refractivity contribution in [2.75, 3.05) is 0 Å². The normalized spacial score (nSPS) is 13.2. The van der Waals surface area contributed by atoms with Crippen LogP contribution in [0.25, 0.3) is 0 Å². The molecule has 0 aliphatic rings. The van der Waals surface area contributed by atoms with Crippen LogP contribution in [0.4, 0.5) is 0 Å². The second-order valence-corrected chi connectivity index (χ2v) is 8.06. The predicted molar refractivity (Wildman–Crippen MR) is 118 cm³/mol. The first-order valence-corrected chi connectivity index (χ1v) is 10.8. The van der Waals surface area contributed by atoms with Crippen LogP contribution in [0, 0.1) is 27.7 Å². The van der Waals surface area contributed by atoms with Crippen molar-refractivity contribution in [1.29, 1.82) is 0 Å². The lowest BCUT2D eigenvalue weighted by Gasteiger charge is -2.23. The molecule has 0 saturated carbocycles. The fraction of sp³-hybridized carbons (Fsp3) is 0.636. The van der Waals surface area contributed by atoms with Gasteiger partial charge in [0.05, 0.1) is 22.5 Å². The zero-order valence-electron chi connectivity index (χ0n) is 19.6.